The van der Waals surface area contributed by atoms with Gasteiger partial charge in [0.2, 0.25) is 0 Å². The summed E-state index contributed by atoms with van der Waals surface area (Å²) in [6.45, 7) is 5.03. The molecule has 1 rings (SSSR count). The molecule has 4 heteroatoms. The number of hydrogen-bond acceptors (Lipinski definition) is 4. The minimum atomic E-state index is -0.562. The molecule has 1 heterocycles. The molecule has 1 fully saturated rings. The summed E-state index contributed by atoms with van der Waals surface area (Å²) < 4.78 is 10.1. The highest BCUT2D eigenvalue weighted by Gasteiger charge is 2.19. The topological polar surface area (TPSA) is 47.6 Å². The van der Waals surface area contributed by atoms with Crippen molar-refractivity contribution in [1.29, 1.82) is 0 Å². The van der Waals surface area contributed by atoms with E-state index in [9.17, 15) is 4.79 Å². The summed E-state index contributed by atoms with van der Waals surface area (Å²) >= 11 is 0. The zero-order chi connectivity index (χ0) is 9.68. The lowest BCUT2D eigenvalue weighted by Gasteiger charge is -2.10. The van der Waals surface area contributed by atoms with Gasteiger partial charge in [0, 0.05) is 12.1 Å². The van der Waals surface area contributed by atoms with Crippen molar-refractivity contribution >= 4 is 5.97 Å². The van der Waals surface area contributed by atoms with Gasteiger partial charge in [-0.3, -0.25) is 5.32 Å². The fraction of sp³-hybridized carbons (Fsp3) is 0.667. The lowest BCUT2D eigenvalue weighted by molar-refractivity contribution is -0.168. The maximum atomic E-state index is 11.3. The van der Waals surface area contributed by atoms with E-state index in [4.69, 9.17) is 9.47 Å². The summed E-state index contributed by atoms with van der Waals surface area (Å²) in [5.41, 5.74) is 0.625. The zero-order valence-corrected chi connectivity index (χ0v) is 8.00. The number of nitrogens with one attached hydrogen (secondary N) is 1. The smallest absolute Gasteiger partial charge is 0.336 e. The van der Waals surface area contributed by atoms with Gasteiger partial charge in [0.1, 0.15) is 0 Å². The molecule has 1 atom stereocenters. The fourth-order valence-electron chi connectivity index (χ4n) is 1.06. The van der Waals surface area contributed by atoms with E-state index in [0.29, 0.717) is 12.2 Å². The van der Waals surface area contributed by atoms with Crippen LogP contribution in [-0.4, -0.2) is 25.5 Å². The molecule has 0 amide bonds. The quantitative estimate of drug-likeness (QED) is 0.521. The third-order valence-electron chi connectivity index (χ3n) is 1.73. The van der Waals surface area contributed by atoms with Crippen molar-refractivity contribution in [3.05, 3.63) is 11.6 Å². The van der Waals surface area contributed by atoms with Crippen LogP contribution in [0, 0.1) is 0 Å². The molecular formula is C9H15NO3. The molecule has 1 unspecified atom stereocenters. The van der Waals surface area contributed by atoms with Gasteiger partial charge in [-0.2, -0.15) is 0 Å². The van der Waals surface area contributed by atoms with Gasteiger partial charge in [0.05, 0.1) is 6.61 Å². The Morgan fingerprint density at radius 1 is 1.77 bits per heavy atom. The Hall–Kier alpha value is -0.870. The number of hydrogen-bond donors (Lipinski definition) is 1. The Labute approximate surface area is 77.9 Å². The van der Waals surface area contributed by atoms with Gasteiger partial charge >= 0.3 is 5.97 Å². The molecule has 0 radical (unpaired) electrons. The van der Waals surface area contributed by atoms with E-state index in [-0.39, 0.29) is 5.97 Å². The van der Waals surface area contributed by atoms with E-state index in [1.807, 2.05) is 13.0 Å². The lowest BCUT2D eigenvalue weighted by Crippen LogP contribution is -2.29. The predicted molar refractivity (Wildman–Crippen MR) is 47.9 cm³/mol. The van der Waals surface area contributed by atoms with Crippen LogP contribution >= 0.6 is 0 Å². The van der Waals surface area contributed by atoms with Crippen LogP contribution in [0.3, 0.4) is 0 Å². The van der Waals surface area contributed by atoms with Crippen LogP contribution in [0.4, 0.5) is 0 Å². The van der Waals surface area contributed by atoms with Crippen LogP contribution in [-0.2, 0) is 14.3 Å². The highest BCUT2D eigenvalue weighted by Crippen LogP contribution is 2.04. The maximum Gasteiger partial charge on any atom is 0.336 e. The first-order chi connectivity index (χ1) is 6.24. The Kier molecular flexibility index (Phi) is 3.92. The largest absolute Gasteiger partial charge is 0.418 e. The van der Waals surface area contributed by atoms with Crippen LogP contribution in [0.15, 0.2) is 11.6 Å². The number of esters is 1. The van der Waals surface area contributed by atoms with Crippen molar-refractivity contribution in [2.75, 3.05) is 13.2 Å². The van der Waals surface area contributed by atoms with Gasteiger partial charge in [-0.05, 0) is 13.3 Å². The van der Waals surface area contributed by atoms with Crippen molar-refractivity contribution in [1.82, 2.24) is 5.32 Å². The first-order valence-corrected chi connectivity index (χ1v) is 4.46. The molecule has 0 aromatic carbocycles. The number of carbonyl (C=O) groups is 1. The summed E-state index contributed by atoms with van der Waals surface area (Å²) in [4.78, 5) is 11.3. The van der Waals surface area contributed by atoms with Crippen molar-refractivity contribution in [3.63, 3.8) is 0 Å². The van der Waals surface area contributed by atoms with Gasteiger partial charge < -0.3 is 9.47 Å². The lowest BCUT2D eigenvalue weighted by atomic mass is 10.2. The van der Waals surface area contributed by atoms with Crippen LogP contribution in [0.1, 0.15) is 20.3 Å². The molecule has 0 aromatic heterocycles. The monoisotopic (exact) mass is 185 g/mol. The average molecular weight is 185 g/mol. The van der Waals surface area contributed by atoms with Crippen LogP contribution < -0.4 is 5.32 Å². The second-order valence-corrected chi connectivity index (χ2v) is 2.86. The second kappa shape index (κ2) is 4.99. The highest BCUT2D eigenvalue weighted by molar-refractivity contribution is 5.87. The standard InChI is InChI=1S/C9H15NO3/c1-3-4-7(2)8(11)13-9-10-5-6-12-9/h4,9-10H,3,5-6H2,1-2H3/b7-4+. The van der Waals surface area contributed by atoms with Gasteiger partial charge in [0.25, 0.3) is 6.41 Å². The summed E-state index contributed by atoms with van der Waals surface area (Å²) in [5.74, 6) is -0.318. The minimum Gasteiger partial charge on any atom is -0.418 e. The van der Waals surface area contributed by atoms with Crippen molar-refractivity contribution in [2.45, 2.75) is 26.7 Å². The van der Waals surface area contributed by atoms with Crippen molar-refractivity contribution in [3.8, 4) is 0 Å². The van der Waals surface area contributed by atoms with E-state index < -0.39 is 6.41 Å². The molecule has 13 heavy (non-hydrogen) atoms. The van der Waals surface area contributed by atoms with Gasteiger partial charge in [-0.25, -0.2) is 4.79 Å². The Morgan fingerprint density at radius 2 is 2.54 bits per heavy atom. The fourth-order valence-corrected chi connectivity index (χ4v) is 1.06. The van der Waals surface area contributed by atoms with Gasteiger partial charge in [-0.1, -0.05) is 13.0 Å². The number of rotatable bonds is 3. The number of allylic oxidation sites excluding steroid dienone is 1. The number of carbonyl (C=O) groups excluding carboxylic acids is 1. The molecule has 0 aliphatic carbocycles. The Balaban J connectivity index is 2.35. The first kappa shape index (κ1) is 10.2. The molecule has 0 spiro atoms. The molecule has 74 valence electrons. The summed E-state index contributed by atoms with van der Waals surface area (Å²) in [6, 6.07) is 0. The molecule has 0 bridgehead atoms. The third kappa shape index (κ3) is 3.16. The minimum absolute atomic E-state index is 0.318. The van der Waals surface area contributed by atoms with Gasteiger partial charge in [-0.15, -0.1) is 0 Å². The average Bonchev–Trinajstić information content (AvgIpc) is 2.57. The normalized spacial score (nSPS) is 23.2. The van der Waals surface area contributed by atoms with E-state index in [1.54, 1.807) is 6.92 Å². The third-order valence-corrected chi connectivity index (χ3v) is 1.73. The van der Waals surface area contributed by atoms with Gasteiger partial charge in [0.15, 0.2) is 0 Å². The summed E-state index contributed by atoms with van der Waals surface area (Å²) in [7, 11) is 0. The number of ether oxygens (including phenoxy) is 2. The second-order valence-electron chi connectivity index (χ2n) is 2.86. The van der Waals surface area contributed by atoms with E-state index in [1.165, 1.54) is 0 Å². The molecule has 1 aliphatic rings. The summed E-state index contributed by atoms with van der Waals surface area (Å²) in [6.07, 6.45) is 2.10. The van der Waals surface area contributed by atoms with Crippen LogP contribution in [0.25, 0.3) is 0 Å². The molecule has 1 aliphatic heterocycles. The van der Waals surface area contributed by atoms with Crippen molar-refractivity contribution < 1.29 is 14.3 Å². The predicted octanol–water partition coefficient (Wildman–Crippen LogP) is 0.789. The molecule has 1 N–H and O–H groups in total. The Morgan fingerprint density at radius 3 is 3.08 bits per heavy atom. The van der Waals surface area contributed by atoms with Crippen molar-refractivity contribution in [2.24, 2.45) is 0 Å². The molecule has 0 saturated carbocycles. The Bertz CT molecular complexity index is 207. The van der Waals surface area contributed by atoms with E-state index in [0.717, 1.165) is 13.0 Å². The first-order valence-electron chi connectivity index (χ1n) is 4.46. The molecule has 1 saturated heterocycles. The van der Waals surface area contributed by atoms with E-state index in [2.05, 4.69) is 5.32 Å². The van der Waals surface area contributed by atoms with Crippen LogP contribution in [0.5, 0.6) is 0 Å². The highest BCUT2D eigenvalue weighted by atomic mass is 16.7. The maximum absolute atomic E-state index is 11.3. The van der Waals surface area contributed by atoms with E-state index >= 15 is 0 Å². The van der Waals surface area contributed by atoms with Crippen LogP contribution in [0.2, 0.25) is 0 Å². The molecule has 4 nitrogen and oxygen atoms in total. The SMILES string of the molecule is CC/C=C(\C)C(=O)OC1NCCO1. The summed E-state index contributed by atoms with van der Waals surface area (Å²) in [5, 5.41) is 2.89. The molecular weight excluding hydrogens is 170 g/mol. The zero-order valence-electron chi connectivity index (χ0n) is 8.00. The molecule has 0 aromatic rings.